The Morgan fingerprint density at radius 3 is 2.39 bits per heavy atom. The van der Waals surface area contributed by atoms with Crippen LogP contribution in [0.4, 0.5) is 13.2 Å². The molecule has 0 aliphatic rings. The Kier molecular flexibility index (Phi) is 5.75. The molecule has 0 aromatic heterocycles. The van der Waals surface area contributed by atoms with Crippen molar-refractivity contribution in [3.63, 3.8) is 0 Å². The molecule has 1 atom stereocenters. The third-order valence-corrected chi connectivity index (χ3v) is 2.42. The summed E-state index contributed by atoms with van der Waals surface area (Å²) in [5.41, 5.74) is 0.895. The Balaban J connectivity index is 2.36. The van der Waals surface area contributed by atoms with Crippen molar-refractivity contribution in [2.75, 3.05) is 6.54 Å². The van der Waals surface area contributed by atoms with Gasteiger partial charge in [-0.25, -0.2) is 0 Å². The summed E-state index contributed by atoms with van der Waals surface area (Å²) >= 11 is 5.78. The molecule has 0 fully saturated rings. The van der Waals surface area contributed by atoms with E-state index in [4.69, 9.17) is 11.6 Å². The van der Waals surface area contributed by atoms with Crippen LogP contribution in [0, 0.1) is 0 Å². The molecule has 1 rings (SSSR count). The van der Waals surface area contributed by atoms with Crippen LogP contribution in [0.3, 0.4) is 0 Å². The highest BCUT2D eigenvalue weighted by Crippen LogP contribution is 2.22. The quantitative estimate of drug-likeness (QED) is 0.634. The first-order valence-electron chi connectivity index (χ1n) is 5.56. The van der Waals surface area contributed by atoms with Crippen molar-refractivity contribution < 1.29 is 17.9 Å². The summed E-state index contributed by atoms with van der Waals surface area (Å²) in [6.45, 7) is 3.27. The zero-order valence-electron chi connectivity index (χ0n) is 9.93. The van der Waals surface area contributed by atoms with E-state index in [-0.39, 0.29) is 11.1 Å². The second-order valence-electron chi connectivity index (χ2n) is 3.94. The molecule has 1 unspecified atom stereocenters. The summed E-state index contributed by atoms with van der Waals surface area (Å²) in [6.07, 6.45) is -3.80. The largest absolute Gasteiger partial charge is 0.573 e. The highest BCUT2D eigenvalue weighted by Gasteiger charge is 2.30. The molecule has 1 N–H and O–H groups in total. The van der Waals surface area contributed by atoms with E-state index < -0.39 is 6.36 Å². The van der Waals surface area contributed by atoms with Gasteiger partial charge in [-0.3, -0.25) is 0 Å². The van der Waals surface area contributed by atoms with Crippen LogP contribution < -0.4 is 10.1 Å². The third kappa shape index (κ3) is 6.71. The molecule has 6 heteroatoms. The zero-order chi connectivity index (χ0) is 13.6. The number of hydrogen-bond acceptors (Lipinski definition) is 2. The maximum absolute atomic E-state index is 11.9. The van der Waals surface area contributed by atoms with Crippen molar-refractivity contribution in [3.8, 4) is 5.75 Å². The average molecular weight is 282 g/mol. The minimum atomic E-state index is -4.64. The summed E-state index contributed by atoms with van der Waals surface area (Å²) in [7, 11) is 0. The molecular weight excluding hydrogens is 267 g/mol. The monoisotopic (exact) mass is 281 g/mol. The number of hydrogen-bond donors (Lipinski definition) is 1. The van der Waals surface area contributed by atoms with Gasteiger partial charge in [0.2, 0.25) is 0 Å². The second-order valence-corrected chi connectivity index (χ2v) is 4.68. The van der Waals surface area contributed by atoms with Gasteiger partial charge in [0.15, 0.2) is 0 Å². The van der Waals surface area contributed by atoms with Gasteiger partial charge in [-0.15, -0.1) is 24.8 Å². The minimum absolute atomic E-state index is 0.111. The van der Waals surface area contributed by atoms with Crippen LogP contribution in [0.5, 0.6) is 5.75 Å². The molecule has 1 aromatic rings. The summed E-state index contributed by atoms with van der Waals surface area (Å²) in [6, 6.07) is 5.79. The average Bonchev–Trinajstić information content (AvgIpc) is 2.24. The maximum atomic E-state index is 11.9. The number of halogens is 4. The van der Waals surface area contributed by atoms with Gasteiger partial charge in [-0.05, 0) is 37.6 Å². The molecule has 2 nitrogen and oxygen atoms in total. The van der Waals surface area contributed by atoms with E-state index in [1.165, 1.54) is 12.1 Å². The van der Waals surface area contributed by atoms with Gasteiger partial charge in [0.05, 0.1) is 0 Å². The van der Waals surface area contributed by atoms with Gasteiger partial charge >= 0.3 is 6.36 Å². The second kappa shape index (κ2) is 6.85. The Bertz CT molecular complexity index is 351. The Hall–Kier alpha value is -0.940. The molecule has 18 heavy (non-hydrogen) atoms. The highest BCUT2D eigenvalue weighted by molar-refractivity contribution is 6.20. The van der Waals surface area contributed by atoms with Gasteiger partial charge in [-0.2, -0.15) is 0 Å². The van der Waals surface area contributed by atoms with Crippen LogP contribution in [0.2, 0.25) is 0 Å². The lowest BCUT2D eigenvalue weighted by Crippen LogP contribution is -2.18. The van der Waals surface area contributed by atoms with E-state index in [9.17, 15) is 13.2 Å². The molecule has 0 radical (unpaired) electrons. The zero-order valence-corrected chi connectivity index (χ0v) is 10.7. The molecule has 0 bridgehead atoms. The van der Waals surface area contributed by atoms with E-state index in [2.05, 4.69) is 10.1 Å². The first-order valence-corrected chi connectivity index (χ1v) is 6.00. The first kappa shape index (κ1) is 15.1. The third-order valence-electron chi connectivity index (χ3n) is 2.20. The molecule has 1 aromatic carbocycles. The Morgan fingerprint density at radius 1 is 1.28 bits per heavy atom. The summed E-state index contributed by atoms with van der Waals surface area (Å²) in [4.78, 5) is 0. The van der Waals surface area contributed by atoms with Crippen LogP contribution in [0.25, 0.3) is 0 Å². The number of benzene rings is 1. The lowest BCUT2D eigenvalue weighted by Gasteiger charge is -2.10. The van der Waals surface area contributed by atoms with Crippen molar-refractivity contribution in [2.45, 2.75) is 31.6 Å². The maximum Gasteiger partial charge on any atom is 0.573 e. The number of ether oxygens (including phenoxy) is 1. The fraction of sp³-hybridized carbons (Fsp3) is 0.500. The predicted molar refractivity (Wildman–Crippen MR) is 64.8 cm³/mol. The van der Waals surface area contributed by atoms with E-state index >= 15 is 0 Å². The van der Waals surface area contributed by atoms with Crippen molar-refractivity contribution in [1.82, 2.24) is 5.32 Å². The number of rotatable bonds is 6. The van der Waals surface area contributed by atoms with Crippen molar-refractivity contribution in [3.05, 3.63) is 29.8 Å². The molecule has 0 heterocycles. The number of alkyl halides is 4. The van der Waals surface area contributed by atoms with Crippen LogP contribution in [-0.2, 0) is 6.54 Å². The predicted octanol–water partition coefficient (Wildman–Crippen LogP) is 3.69. The lowest BCUT2D eigenvalue weighted by molar-refractivity contribution is -0.274. The molecule has 102 valence electrons. The fourth-order valence-electron chi connectivity index (χ4n) is 1.34. The Morgan fingerprint density at radius 2 is 1.89 bits per heavy atom. The Labute approximate surface area is 109 Å². The molecule has 0 aliphatic heterocycles. The normalized spacial score (nSPS) is 13.4. The van der Waals surface area contributed by atoms with Gasteiger partial charge in [0.25, 0.3) is 0 Å². The van der Waals surface area contributed by atoms with Gasteiger partial charge in [0.1, 0.15) is 5.75 Å². The summed E-state index contributed by atoms with van der Waals surface area (Å²) in [5.74, 6) is -0.208. The summed E-state index contributed by atoms with van der Waals surface area (Å²) < 4.78 is 39.5. The van der Waals surface area contributed by atoms with Crippen molar-refractivity contribution >= 4 is 11.6 Å². The van der Waals surface area contributed by atoms with E-state index in [0.717, 1.165) is 18.5 Å². The molecular formula is C12H15ClF3NO. The molecule has 0 aliphatic carbocycles. The lowest BCUT2D eigenvalue weighted by atomic mass is 10.2. The van der Waals surface area contributed by atoms with Crippen LogP contribution in [-0.4, -0.2) is 18.3 Å². The van der Waals surface area contributed by atoms with Crippen LogP contribution in [0.1, 0.15) is 18.9 Å². The van der Waals surface area contributed by atoms with Crippen molar-refractivity contribution in [1.29, 1.82) is 0 Å². The molecule has 0 amide bonds. The van der Waals surface area contributed by atoms with Gasteiger partial charge in [-0.1, -0.05) is 12.1 Å². The standard InChI is InChI=1S/C12H15ClF3NO/c1-9(13)6-7-17-8-10-2-4-11(5-3-10)18-12(14,15)16/h2-5,9,17H,6-8H2,1H3. The fourth-order valence-corrected chi connectivity index (χ4v) is 1.45. The van der Waals surface area contributed by atoms with Crippen LogP contribution >= 0.6 is 11.6 Å². The smallest absolute Gasteiger partial charge is 0.406 e. The minimum Gasteiger partial charge on any atom is -0.406 e. The van der Waals surface area contributed by atoms with E-state index in [1.807, 2.05) is 6.92 Å². The first-order chi connectivity index (χ1) is 8.37. The topological polar surface area (TPSA) is 21.3 Å². The summed E-state index contributed by atoms with van der Waals surface area (Å²) in [5, 5.41) is 3.26. The molecule has 0 spiro atoms. The number of nitrogens with one attached hydrogen (secondary N) is 1. The van der Waals surface area contributed by atoms with E-state index in [1.54, 1.807) is 12.1 Å². The molecule has 0 saturated carbocycles. The highest BCUT2D eigenvalue weighted by atomic mass is 35.5. The van der Waals surface area contributed by atoms with Crippen LogP contribution in [0.15, 0.2) is 24.3 Å². The SMILES string of the molecule is CC(Cl)CCNCc1ccc(OC(F)(F)F)cc1. The van der Waals surface area contributed by atoms with E-state index in [0.29, 0.717) is 6.54 Å². The van der Waals surface area contributed by atoms with Crippen molar-refractivity contribution in [2.24, 2.45) is 0 Å². The van der Waals surface area contributed by atoms with Gasteiger partial charge < -0.3 is 10.1 Å². The molecule has 0 saturated heterocycles. The van der Waals surface area contributed by atoms with Gasteiger partial charge in [0, 0.05) is 11.9 Å².